The summed E-state index contributed by atoms with van der Waals surface area (Å²) in [6, 6.07) is 8.11. The van der Waals surface area contributed by atoms with E-state index in [1.807, 2.05) is 31.2 Å². The van der Waals surface area contributed by atoms with Crippen molar-refractivity contribution in [3.63, 3.8) is 0 Å². The Balaban J connectivity index is 1.51. The van der Waals surface area contributed by atoms with Gasteiger partial charge in [0.05, 0.1) is 11.8 Å². The van der Waals surface area contributed by atoms with Gasteiger partial charge in [-0.2, -0.15) is 0 Å². The van der Waals surface area contributed by atoms with Crippen LogP contribution >= 0.6 is 0 Å². The van der Waals surface area contributed by atoms with Crippen LogP contribution in [-0.4, -0.2) is 30.9 Å². The van der Waals surface area contributed by atoms with Crippen LogP contribution in [0, 0.1) is 18.8 Å². The number of benzene rings is 1. The van der Waals surface area contributed by atoms with Crippen LogP contribution < -0.4 is 16.0 Å². The number of hydrogen-bond acceptors (Lipinski definition) is 3. The SMILES string of the molecule is Cc1ccc(NC(=O)[C@@H]2CNC[C@H](C(=O)NC3CCCCCC3)C2)cc1. The average Bonchev–Trinajstić information content (AvgIpc) is 2.92. The molecule has 5 nitrogen and oxygen atoms in total. The lowest BCUT2D eigenvalue weighted by molar-refractivity contribution is -0.128. The van der Waals surface area contributed by atoms with E-state index in [-0.39, 0.29) is 23.7 Å². The van der Waals surface area contributed by atoms with E-state index in [9.17, 15) is 9.59 Å². The van der Waals surface area contributed by atoms with Crippen molar-refractivity contribution in [1.29, 1.82) is 0 Å². The van der Waals surface area contributed by atoms with Crippen molar-refractivity contribution in [3.8, 4) is 0 Å². The van der Waals surface area contributed by atoms with Crippen LogP contribution in [0.5, 0.6) is 0 Å². The quantitative estimate of drug-likeness (QED) is 0.726. The molecule has 1 saturated heterocycles. The fraction of sp³-hybridized carbons (Fsp3) is 0.619. The standard InChI is InChI=1S/C21H31N3O2/c1-15-8-10-19(11-9-15)24-21(26)17-12-16(13-22-14-17)20(25)23-18-6-4-2-3-5-7-18/h8-11,16-18,22H,2-7,12-14H2,1H3,(H,23,25)(H,24,26)/t16-,17+/m1/s1. The van der Waals surface area contributed by atoms with Gasteiger partial charge in [0.25, 0.3) is 0 Å². The number of amides is 2. The van der Waals surface area contributed by atoms with Crippen molar-refractivity contribution in [3.05, 3.63) is 29.8 Å². The number of hydrogen-bond donors (Lipinski definition) is 3. The molecule has 26 heavy (non-hydrogen) atoms. The molecular weight excluding hydrogens is 326 g/mol. The van der Waals surface area contributed by atoms with Crippen LogP contribution in [0.1, 0.15) is 50.5 Å². The molecule has 1 heterocycles. The van der Waals surface area contributed by atoms with Gasteiger partial charge in [-0.25, -0.2) is 0 Å². The zero-order valence-electron chi connectivity index (χ0n) is 15.7. The van der Waals surface area contributed by atoms with Crippen molar-refractivity contribution in [1.82, 2.24) is 10.6 Å². The first-order chi connectivity index (χ1) is 12.6. The van der Waals surface area contributed by atoms with E-state index in [4.69, 9.17) is 0 Å². The van der Waals surface area contributed by atoms with Crippen LogP contribution in [0.4, 0.5) is 5.69 Å². The molecule has 3 rings (SSSR count). The highest BCUT2D eigenvalue weighted by molar-refractivity contribution is 5.93. The molecule has 0 bridgehead atoms. The number of nitrogens with one attached hydrogen (secondary N) is 3. The summed E-state index contributed by atoms with van der Waals surface area (Å²) >= 11 is 0. The van der Waals surface area contributed by atoms with Crippen LogP contribution in [0.3, 0.4) is 0 Å². The molecule has 2 atom stereocenters. The lowest BCUT2D eigenvalue weighted by atomic mass is 9.88. The molecule has 2 fully saturated rings. The maximum absolute atomic E-state index is 12.7. The number of aryl methyl sites for hydroxylation is 1. The molecule has 0 unspecified atom stereocenters. The fourth-order valence-corrected chi connectivity index (χ4v) is 3.97. The van der Waals surface area contributed by atoms with Gasteiger partial charge in [0.2, 0.25) is 11.8 Å². The summed E-state index contributed by atoms with van der Waals surface area (Å²) in [7, 11) is 0. The highest BCUT2D eigenvalue weighted by atomic mass is 16.2. The predicted octanol–water partition coefficient (Wildman–Crippen LogP) is 3.00. The first kappa shape index (κ1) is 18.9. The van der Waals surface area contributed by atoms with Crippen molar-refractivity contribution in [2.45, 2.75) is 57.9 Å². The van der Waals surface area contributed by atoms with E-state index in [0.717, 1.165) is 24.1 Å². The molecule has 0 radical (unpaired) electrons. The Morgan fingerprint density at radius 2 is 1.54 bits per heavy atom. The molecule has 0 spiro atoms. The summed E-state index contributed by atoms with van der Waals surface area (Å²) in [5.74, 6) is -0.193. The van der Waals surface area contributed by atoms with Crippen molar-refractivity contribution >= 4 is 17.5 Å². The first-order valence-electron chi connectivity index (χ1n) is 10.0. The second-order valence-corrected chi connectivity index (χ2v) is 7.84. The second-order valence-electron chi connectivity index (χ2n) is 7.84. The molecule has 1 aromatic carbocycles. The molecule has 0 aromatic heterocycles. The topological polar surface area (TPSA) is 70.2 Å². The molecule has 1 aliphatic carbocycles. The van der Waals surface area contributed by atoms with E-state index in [1.165, 1.54) is 25.7 Å². The third-order valence-corrected chi connectivity index (χ3v) is 5.61. The molecule has 2 aliphatic rings. The maximum Gasteiger partial charge on any atom is 0.228 e. The van der Waals surface area contributed by atoms with Gasteiger partial charge in [-0.1, -0.05) is 43.4 Å². The summed E-state index contributed by atoms with van der Waals surface area (Å²) < 4.78 is 0. The van der Waals surface area contributed by atoms with E-state index in [1.54, 1.807) is 0 Å². The number of piperidine rings is 1. The fourth-order valence-electron chi connectivity index (χ4n) is 3.97. The summed E-state index contributed by atoms with van der Waals surface area (Å²) in [6.45, 7) is 3.31. The zero-order valence-corrected chi connectivity index (χ0v) is 15.7. The Kier molecular flexibility index (Phi) is 6.67. The van der Waals surface area contributed by atoms with Crippen LogP contribution in [-0.2, 0) is 9.59 Å². The Labute approximate surface area is 156 Å². The van der Waals surface area contributed by atoms with Gasteiger partial charge >= 0.3 is 0 Å². The summed E-state index contributed by atoms with van der Waals surface area (Å²) in [5.41, 5.74) is 1.98. The highest BCUT2D eigenvalue weighted by Gasteiger charge is 2.32. The monoisotopic (exact) mass is 357 g/mol. The third-order valence-electron chi connectivity index (χ3n) is 5.61. The maximum atomic E-state index is 12.7. The third kappa shape index (κ3) is 5.31. The van der Waals surface area contributed by atoms with E-state index in [2.05, 4.69) is 16.0 Å². The van der Waals surface area contributed by atoms with Gasteiger partial charge in [-0.3, -0.25) is 9.59 Å². The molecule has 1 aliphatic heterocycles. The minimum atomic E-state index is -0.171. The number of carbonyl (C=O) groups excluding carboxylic acids is 2. The lowest BCUT2D eigenvalue weighted by Crippen LogP contribution is -2.49. The second kappa shape index (κ2) is 9.17. The average molecular weight is 357 g/mol. The molecule has 5 heteroatoms. The van der Waals surface area contributed by atoms with Crippen LogP contribution in [0.15, 0.2) is 24.3 Å². The minimum absolute atomic E-state index is 0.00619. The first-order valence-corrected chi connectivity index (χ1v) is 10.0. The Hall–Kier alpha value is -1.88. The molecule has 1 saturated carbocycles. The van der Waals surface area contributed by atoms with Crippen molar-refractivity contribution in [2.24, 2.45) is 11.8 Å². The normalized spacial score (nSPS) is 24.5. The minimum Gasteiger partial charge on any atom is -0.353 e. The van der Waals surface area contributed by atoms with Gasteiger partial charge in [-0.05, 0) is 38.3 Å². The van der Waals surface area contributed by atoms with E-state index < -0.39 is 0 Å². The summed E-state index contributed by atoms with van der Waals surface area (Å²) in [6.07, 6.45) is 7.75. The van der Waals surface area contributed by atoms with Crippen molar-refractivity contribution in [2.75, 3.05) is 18.4 Å². The van der Waals surface area contributed by atoms with Gasteiger partial charge in [0.1, 0.15) is 0 Å². The summed E-state index contributed by atoms with van der Waals surface area (Å²) in [5, 5.41) is 9.48. The largest absolute Gasteiger partial charge is 0.353 e. The van der Waals surface area contributed by atoms with E-state index in [0.29, 0.717) is 25.6 Å². The smallest absolute Gasteiger partial charge is 0.228 e. The molecule has 1 aromatic rings. The number of anilines is 1. The van der Waals surface area contributed by atoms with Gasteiger partial charge in [-0.15, -0.1) is 0 Å². The lowest BCUT2D eigenvalue weighted by Gasteiger charge is -2.30. The van der Waals surface area contributed by atoms with Crippen molar-refractivity contribution < 1.29 is 9.59 Å². The zero-order chi connectivity index (χ0) is 18.4. The Morgan fingerprint density at radius 3 is 2.19 bits per heavy atom. The summed E-state index contributed by atoms with van der Waals surface area (Å²) in [4.78, 5) is 25.2. The van der Waals surface area contributed by atoms with Crippen LogP contribution in [0.2, 0.25) is 0 Å². The molecular formula is C21H31N3O2. The highest BCUT2D eigenvalue weighted by Crippen LogP contribution is 2.21. The Morgan fingerprint density at radius 1 is 0.923 bits per heavy atom. The van der Waals surface area contributed by atoms with Gasteiger partial charge in [0, 0.05) is 24.8 Å². The van der Waals surface area contributed by atoms with Gasteiger partial charge in [0.15, 0.2) is 0 Å². The van der Waals surface area contributed by atoms with Crippen LogP contribution in [0.25, 0.3) is 0 Å². The van der Waals surface area contributed by atoms with Gasteiger partial charge < -0.3 is 16.0 Å². The predicted molar refractivity (Wildman–Crippen MR) is 104 cm³/mol. The number of rotatable bonds is 4. The molecule has 3 N–H and O–H groups in total. The van der Waals surface area contributed by atoms with E-state index >= 15 is 0 Å². The Bertz CT molecular complexity index is 606. The molecule has 142 valence electrons. The molecule has 2 amide bonds. The number of carbonyl (C=O) groups is 2.